The fourth-order valence-electron chi connectivity index (χ4n) is 4.97. The van der Waals surface area contributed by atoms with Crippen LogP contribution >= 0.6 is 11.8 Å². The first-order valence-corrected chi connectivity index (χ1v) is 11.5. The van der Waals surface area contributed by atoms with Crippen LogP contribution in [0.1, 0.15) is 12.8 Å². The van der Waals surface area contributed by atoms with Gasteiger partial charge in [0.25, 0.3) is 5.91 Å². The number of amides is 4. The van der Waals surface area contributed by atoms with E-state index in [4.69, 9.17) is 0 Å². The van der Waals surface area contributed by atoms with Gasteiger partial charge in [0.15, 0.2) is 0 Å². The molecule has 0 spiro atoms. The number of nitrogens with one attached hydrogen (secondary N) is 3. The monoisotopic (exact) mass is 439 g/mol. The number of hydrogen-bond donors (Lipinski definition) is 3. The Hall–Kier alpha value is -2.78. The predicted octanol–water partition coefficient (Wildman–Crippen LogP) is 1.38. The average Bonchev–Trinajstić information content (AvgIpc) is 3.40. The molecule has 3 unspecified atom stereocenters. The standard InChI is InChI=1S/C22H25N5O3S/c1-2-16(28)26-11-9-13(12-26)24-20(29)19-18-17-15(8-10-23-21(17)31-19)27(22(30)25-18)14-6-4-3-5-7-14/h2-7,13,15,17,21,23H,1,8-12H2,(H,24,29)(H,25,30)/t13-,15?,17?,21?/m1/s1. The second kappa shape index (κ2) is 8.05. The van der Waals surface area contributed by atoms with Crippen molar-refractivity contribution in [2.45, 2.75) is 30.3 Å². The first-order valence-electron chi connectivity index (χ1n) is 10.6. The first-order chi connectivity index (χ1) is 15.1. The van der Waals surface area contributed by atoms with Crippen LogP contribution in [-0.2, 0) is 9.59 Å². The number of benzene rings is 1. The Morgan fingerprint density at radius 2 is 2.03 bits per heavy atom. The SMILES string of the molecule is C=CC(=O)N1CC[C@@H](NC(=O)C2=C3NC(=O)N(c4ccccc4)C4CCNC(S2)C34)C1. The van der Waals surface area contributed by atoms with Crippen molar-refractivity contribution >= 4 is 35.3 Å². The van der Waals surface area contributed by atoms with Gasteiger partial charge in [0, 0.05) is 36.4 Å². The Kier molecular flexibility index (Phi) is 5.23. The number of para-hydroxylation sites is 1. The third-order valence-corrected chi connectivity index (χ3v) is 7.75. The summed E-state index contributed by atoms with van der Waals surface area (Å²) in [6.45, 7) is 5.40. The summed E-state index contributed by atoms with van der Waals surface area (Å²) in [5, 5.41) is 9.63. The van der Waals surface area contributed by atoms with Gasteiger partial charge in [0.2, 0.25) is 5.91 Å². The zero-order chi connectivity index (χ0) is 21.5. The molecule has 0 radical (unpaired) electrons. The van der Waals surface area contributed by atoms with E-state index in [9.17, 15) is 14.4 Å². The molecule has 9 heteroatoms. The van der Waals surface area contributed by atoms with E-state index in [2.05, 4.69) is 22.5 Å². The van der Waals surface area contributed by atoms with Crippen molar-refractivity contribution in [3.8, 4) is 0 Å². The fraction of sp³-hybridized carbons (Fsp3) is 0.409. The van der Waals surface area contributed by atoms with Crippen molar-refractivity contribution in [3.63, 3.8) is 0 Å². The minimum Gasteiger partial charge on any atom is -0.347 e. The summed E-state index contributed by atoms with van der Waals surface area (Å²) < 4.78 is 0. The largest absolute Gasteiger partial charge is 0.347 e. The van der Waals surface area contributed by atoms with E-state index in [1.165, 1.54) is 17.8 Å². The molecule has 3 saturated heterocycles. The smallest absolute Gasteiger partial charge is 0.326 e. The highest BCUT2D eigenvalue weighted by atomic mass is 32.2. The summed E-state index contributed by atoms with van der Waals surface area (Å²) in [4.78, 5) is 42.1. The number of anilines is 1. The maximum absolute atomic E-state index is 13.1. The molecule has 0 bridgehead atoms. The highest BCUT2D eigenvalue weighted by Gasteiger charge is 2.51. The van der Waals surface area contributed by atoms with E-state index in [1.807, 2.05) is 35.2 Å². The number of piperidine rings is 1. The molecule has 4 heterocycles. The van der Waals surface area contributed by atoms with Crippen LogP contribution in [0.2, 0.25) is 0 Å². The number of hydrogen-bond acceptors (Lipinski definition) is 5. The third kappa shape index (κ3) is 3.51. The van der Waals surface area contributed by atoms with E-state index in [0.717, 1.165) is 24.4 Å². The van der Waals surface area contributed by atoms with Crippen molar-refractivity contribution in [1.82, 2.24) is 20.9 Å². The topological polar surface area (TPSA) is 93.8 Å². The van der Waals surface area contributed by atoms with Gasteiger partial charge >= 0.3 is 6.03 Å². The number of carbonyl (C=O) groups is 3. The molecule has 3 N–H and O–H groups in total. The molecule has 4 amide bonds. The van der Waals surface area contributed by atoms with E-state index >= 15 is 0 Å². The molecule has 0 aromatic heterocycles. The molecule has 162 valence electrons. The number of rotatable bonds is 4. The lowest BCUT2D eigenvalue weighted by Crippen LogP contribution is -2.62. The number of thioether (sulfide) groups is 1. The first kappa shape index (κ1) is 20.1. The van der Waals surface area contributed by atoms with E-state index in [-0.39, 0.29) is 41.2 Å². The number of carbonyl (C=O) groups excluding carboxylic acids is 3. The molecule has 1 aromatic rings. The Balaban J connectivity index is 1.37. The van der Waals surface area contributed by atoms with Gasteiger partial charge in [-0.15, -0.1) is 0 Å². The lowest BCUT2D eigenvalue weighted by Gasteiger charge is -2.45. The second-order valence-electron chi connectivity index (χ2n) is 8.20. The van der Waals surface area contributed by atoms with Crippen LogP contribution in [0.15, 0.2) is 53.6 Å². The van der Waals surface area contributed by atoms with Gasteiger partial charge in [-0.05, 0) is 37.6 Å². The quantitative estimate of drug-likeness (QED) is 0.617. The van der Waals surface area contributed by atoms with Gasteiger partial charge in [-0.2, -0.15) is 0 Å². The Morgan fingerprint density at radius 3 is 2.81 bits per heavy atom. The van der Waals surface area contributed by atoms with Crippen LogP contribution in [-0.4, -0.2) is 59.8 Å². The molecule has 4 atom stereocenters. The molecule has 31 heavy (non-hydrogen) atoms. The van der Waals surface area contributed by atoms with Crippen molar-refractivity contribution in [1.29, 1.82) is 0 Å². The summed E-state index contributed by atoms with van der Waals surface area (Å²) >= 11 is 1.49. The van der Waals surface area contributed by atoms with Gasteiger partial charge in [-0.1, -0.05) is 36.5 Å². The number of urea groups is 1. The van der Waals surface area contributed by atoms with Crippen molar-refractivity contribution in [2.24, 2.45) is 5.92 Å². The van der Waals surface area contributed by atoms with Crippen LogP contribution in [0.25, 0.3) is 0 Å². The van der Waals surface area contributed by atoms with Crippen molar-refractivity contribution < 1.29 is 14.4 Å². The molecule has 1 aromatic carbocycles. The van der Waals surface area contributed by atoms with Gasteiger partial charge in [-0.25, -0.2) is 4.79 Å². The highest BCUT2D eigenvalue weighted by Crippen LogP contribution is 2.47. The second-order valence-corrected chi connectivity index (χ2v) is 9.35. The maximum atomic E-state index is 13.1. The molecular weight excluding hydrogens is 414 g/mol. The maximum Gasteiger partial charge on any atom is 0.326 e. The van der Waals surface area contributed by atoms with Gasteiger partial charge in [0.1, 0.15) is 0 Å². The summed E-state index contributed by atoms with van der Waals surface area (Å²) in [5.74, 6) is -0.270. The summed E-state index contributed by atoms with van der Waals surface area (Å²) in [7, 11) is 0. The Bertz CT molecular complexity index is 965. The minimum absolute atomic E-state index is 0.00221. The highest BCUT2D eigenvalue weighted by molar-refractivity contribution is 8.04. The summed E-state index contributed by atoms with van der Waals surface area (Å²) in [5.41, 5.74) is 1.59. The molecular formula is C22H25N5O3S. The van der Waals surface area contributed by atoms with Gasteiger partial charge in [0.05, 0.1) is 16.3 Å². The van der Waals surface area contributed by atoms with Crippen LogP contribution in [0.3, 0.4) is 0 Å². The summed E-state index contributed by atoms with van der Waals surface area (Å²) in [6.07, 6.45) is 2.83. The lowest BCUT2D eigenvalue weighted by atomic mass is 9.86. The average molecular weight is 440 g/mol. The molecule has 0 aliphatic carbocycles. The summed E-state index contributed by atoms with van der Waals surface area (Å²) in [6, 6.07) is 9.38. The Labute approximate surface area is 185 Å². The van der Waals surface area contributed by atoms with E-state index in [1.54, 1.807) is 4.90 Å². The molecule has 4 aliphatic heterocycles. The van der Waals surface area contributed by atoms with Gasteiger partial charge in [-0.3, -0.25) is 14.5 Å². The number of nitrogens with zero attached hydrogens (tertiary/aromatic N) is 2. The predicted molar refractivity (Wildman–Crippen MR) is 119 cm³/mol. The van der Waals surface area contributed by atoms with Crippen LogP contribution in [0.5, 0.6) is 0 Å². The lowest BCUT2D eigenvalue weighted by molar-refractivity contribution is -0.125. The van der Waals surface area contributed by atoms with E-state index in [0.29, 0.717) is 24.4 Å². The number of likely N-dealkylation sites (tertiary alicyclic amines) is 1. The molecule has 8 nitrogen and oxygen atoms in total. The van der Waals surface area contributed by atoms with Crippen molar-refractivity contribution in [3.05, 3.63) is 53.6 Å². The fourth-order valence-corrected chi connectivity index (χ4v) is 6.37. The van der Waals surface area contributed by atoms with Crippen LogP contribution in [0.4, 0.5) is 10.5 Å². The van der Waals surface area contributed by atoms with Crippen LogP contribution in [0, 0.1) is 5.92 Å². The molecule has 0 saturated carbocycles. The van der Waals surface area contributed by atoms with Crippen molar-refractivity contribution in [2.75, 3.05) is 24.5 Å². The minimum atomic E-state index is -0.195. The van der Waals surface area contributed by atoms with Crippen LogP contribution < -0.4 is 20.9 Å². The molecule has 3 fully saturated rings. The molecule has 4 aliphatic rings. The third-order valence-electron chi connectivity index (χ3n) is 6.39. The van der Waals surface area contributed by atoms with Gasteiger partial charge < -0.3 is 20.9 Å². The Morgan fingerprint density at radius 1 is 1.23 bits per heavy atom. The normalized spacial score (nSPS) is 29.5. The zero-order valence-electron chi connectivity index (χ0n) is 17.0. The zero-order valence-corrected chi connectivity index (χ0v) is 17.9. The molecule has 5 rings (SSSR count). The van der Waals surface area contributed by atoms with E-state index < -0.39 is 0 Å².